The van der Waals surface area contributed by atoms with Crippen LogP contribution < -0.4 is 10.6 Å². The molecule has 4 aliphatic heterocycles. The van der Waals surface area contributed by atoms with E-state index in [1.54, 1.807) is 4.90 Å². The molecule has 78 heavy (non-hydrogen) atoms. The number of aliphatic hydroxyl groups is 8. The van der Waals surface area contributed by atoms with Crippen molar-refractivity contribution < 1.29 is 97.2 Å². The van der Waals surface area contributed by atoms with Gasteiger partial charge in [0.2, 0.25) is 11.8 Å². The van der Waals surface area contributed by atoms with E-state index in [2.05, 4.69) is 20.9 Å². The van der Waals surface area contributed by atoms with Gasteiger partial charge in [-0.2, -0.15) is 0 Å². The number of carbonyl (C=O) groups excluding carboxylic acids is 3. The lowest BCUT2D eigenvalue weighted by molar-refractivity contribution is -0.338. The lowest BCUT2D eigenvalue weighted by Crippen LogP contribution is -2.67. The van der Waals surface area contributed by atoms with Gasteiger partial charge in [-0.05, 0) is 69.1 Å². The molecule has 6 aliphatic rings. The average Bonchev–Trinajstić information content (AvgIpc) is 3.92. The Labute approximate surface area is 450 Å². The average molecular weight is 1110 g/mol. The maximum absolute atomic E-state index is 14.3. The van der Waals surface area contributed by atoms with Crippen molar-refractivity contribution >= 4 is 17.7 Å². The standard InChI is InChI=1S/C52H78F2N6O18/c1-5-28-18-30(48(70)55-12-15-72-51-43(67)39(41(65)35(22-61)77-51)60-21-32(57-58-60)29-16-24(2)37(54)31(53)19-29)20-33(46(28)78-52-45(69)44(68)40(64)25(3)73-52)75-50-38(56-26(4)63)47(42(66)36(23-62)76-50)74-34(49(71)59-13-9-14-59)17-27-10-7-6-8-11-27/h16,19,21,25,27-28,30,33-36,38-47,50-52,61-62,64-69H,5-15,17-18,20,22-23H2,1-4H3,(H,55,70)(H,56,63)/t25?,28?,30?,33-,34+,35?,36+,38?,39?,40-,41-,42+,43?,44+,45?,46-,47?,50-,51+,52+/m1/s1. The molecule has 4 saturated heterocycles. The summed E-state index contributed by atoms with van der Waals surface area (Å²) in [5.41, 5.74) is 0.302. The van der Waals surface area contributed by atoms with Crippen LogP contribution in [0.2, 0.25) is 0 Å². The van der Waals surface area contributed by atoms with Crippen molar-refractivity contribution in [3.8, 4) is 11.3 Å². The van der Waals surface area contributed by atoms with Crippen LogP contribution in [0.25, 0.3) is 11.3 Å². The van der Waals surface area contributed by atoms with E-state index in [9.17, 15) is 64.0 Å². The van der Waals surface area contributed by atoms with Crippen molar-refractivity contribution in [1.82, 2.24) is 30.5 Å². The second-order valence-electron chi connectivity index (χ2n) is 21.8. The third-order valence-corrected chi connectivity index (χ3v) is 16.4. The van der Waals surface area contributed by atoms with E-state index in [1.165, 1.54) is 33.0 Å². The molecule has 9 unspecified atom stereocenters. The van der Waals surface area contributed by atoms with E-state index in [0.29, 0.717) is 25.9 Å². The Balaban J connectivity index is 0.994. The Kier molecular flexibility index (Phi) is 20.6. The molecule has 2 aromatic rings. The van der Waals surface area contributed by atoms with Crippen molar-refractivity contribution in [2.45, 2.75) is 202 Å². The number of carbonyl (C=O) groups is 3. The Hall–Kier alpha value is -3.97. The molecule has 3 amide bonds. The van der Waals surface area contributed by atoms with Crippen molar-refractivity contribution in [3.63, 3.8) is 0 Å². The van der Waals surface area contributed by atoms with Crippen LogP contribution in [0.15, 0.2) is 18.3 Å². The molecule has 0 spiro atoms. The van der Waals surface area contributed by atoms with E-state index in [4.69, 9.17) is 33.2 Å². The topological polar surface area (TPSA) is 336 Å². The Morgan fingerprint density at radius 2 is 1.54 bits per heavy atom. The van der Waals surface area contributed by atoms with Gasteiger partial charge in [0.1, 0.15) is 78.8 Å². The van der Waals surface area contributed by atoms with Crippen LogP contribution in [-0.2, 0) is 47.5 Å². The number of nitrogens with zero attached hydrogens (tertiary/aromatic N) is 4. The van der Waals surface area contributed by atoms with E-state index < -0.39 is 159 Å². The quantitative estimate of drug-likeness (QED) is 0.0727. The van der Waals surface area contributed by atoms with Crippen LogP contribution in [0.1, 0.15) is 96.6 Å². The van der Waals surface area contributed by atoms with Crippen LogP contribution in [-0.4, -0.2) is 222 Å². The number of halogens is 2. The first-order chi connectivity index (χ1) is 37.3. The summed E-state index contributed by atoms with van der Waals surface area (Å²) in [6, 6.07) is -0.300. The molecule has 438 valence electrons. The van der Waals surface area contributed by atoms with E-state index in [0.717, 1.165) is 49.3 Å². The molecule has 5 heterocycles. The first-order valence-corrected chi connectivity index (χ1v) is 27.4. The third-order valence-electron chi connectivity index (χ3n) is 16.4. The van der Waals surface area contributed by atoms with Gasteiger partial charge in [0.05, 0.1) is 44.3 Å². The van der Waals surface area contributed by atoms with Gasteiger partial charge in [0.15, 0.2) is 30.5 Å². The monoisotopic (exact) mass is 1110 g/mol. The Morgan fingerprint density at radius 3 is 2.19 bits per heavy atom. The predicted octanol–water partition coefficient (Wildman–Crippen LogP) is -0.782. The molecule has 0 radical (unpaired) electrons. The Morgan fingerprint density at radius 1 is 0.833 bits per heavy atom. The number of ether oxygens (including phenoxy) is 7. The van der Waals surface area contributed by atoms with Crippen LogP contribution in [0, 0.1) is 36.3 Å². The zero-order valence-corrected chi connectivity index (χ0v) is 44.4. The molecule has 0 bridgehead atoms. The summed E-state index contributed by atoms with van der Waals surface area (Å²) in [7, 11) is 0. The van der Waals surface area contributed by atoms with Crippen molar-refractivity contribution in [2.75, 3.05) is 39.5 Å². The van der Waals surface area contributed by atoms with Crippen molar-refractivity contribution in [1.29, 1.82) is 0 Å². The van der Waals surface area contributed by atoms with Crippen LogP contribution in [0.4, 0.5) is 8.78 Å². The molecule has 1 aromatic heterocycles. The molecule has 24 nitrogen and oxygen atoms in total. The molecule has 1 aromatic carbocycles. The molecule has 10 N–H and O–H groups in total. The van der Waals surface area contributed by atoms with Gasteiger partial charge in [0.25, 0.3) is 5.91 Å². The maximum atomic E-state index is 14.3. The third kappa shape index (κ3) is 13.5. The highest BCUT2D eigenvalue weighted by Crippen LogP contribution is 2.41. The molecule has 26 heteroatoms. The first kappa shape index (κ1) is 60.1. The summed E-state index contributed by atoms with van der Waals surface area (Å²) in [5, 5.41) is 101. The van der Waals surface area contributed by atoms with Gasteiger partial charge in [0, 0.05) is 38.0 Å². The number of likely N-dealkylation sites (tertiary alicyclic amines) is 1. The first-order valence-electron chi connectivity index (χ1n) is 27.4. The minimum Gasteiger partial charge on any atom is -0.394 e. The van der Waals surface area contributed by atoms with Gasteiger partial charge in [-0.25, -0.2) is 13.5 Å². The van der Waals surface area contributed by atoms with Gasteiger partial charge in [-0.15, -0.1) is 5.10 Å². The van der Waals surface area contributed by atoms with Crippen molar-refractivity contribution in [3.05, 3.63) is 35.5 Å². The van der Waals surface area contributed by atoms with Crippen molar-refractivity contribution in [2.24, 2.45) is 17.8 Å². The minimum absolute atomic E-state index is 0.0185. The molecule has 6 fully saturated rings. The normalized spacial score (nSPS) is 37.1. The predicted molar refractivity (Wildman–Crippen MR) is 265 cm³/mol. The second-order valence-corrected chi connectivity index (χ2v) is 21.8. The summed E-state index contributed by atoms with van der Waals surface area (Å²) >= 11 is 0. The van der Waals surface area contributed by atoms with Crippen LogP contribution >= 0.6 is 0 Å². The van der Waals surface area contributed by atoms with Gasteiger partial charge < -0.3 is 89.5 Å². The minimum atomic E-state index is -1.71. The summed E-state index contributed by atoms with van der Waals surface area (Å²) in [4.78, 5) is 43.1. The number of aliphatic hydroxyl groups excluding tert-OH is 8. The zero-order chi connectivity index (χ0) is 56.1. The van der Waals surface area contributed by atoms with Crippen LogP contribution in [0.5, 0.6) is 0 Å². The lowest BCUT2D eigenvalue weighted by atomic mass is 9.75. The number of aryl methyl sites for hydroxylation is 1. The summed E-state index contributed by atoms with van der Waals surface area (Å²) < 4.78 is 73.1. The highest BCUT2D eigenvalue weighted by molar-refractivity contribution is 5.81. The molecular formula is C52H78F2N6O18. The number of rotatable bonds is 20. The maximum Gasteiger partial charge on any atom is 0.251 e. The number of hydrogen-bond donors (Lipinski definition) is 10. The van der Waals surface area contributed by atoms with Gasteiger partial charge in [-0.1, -0.05) is 50.7 Å². The van der Waals surface area contributed by atoms with Gasteiger partial charge in [-0.3, -0.25) is 14.4 Å². The fourth-order valence-corrected chi connectivity index (χ4v) is 11.8. The fraction of sp³-hybridized carbons (Fsp3) is 0.788. The molecule has 8 rings (SSSR count). The fourth-order valence-electron chi connectivity index (χ4n) is 11.8. The largest absolute Gasteiger partial charge is 0.394 e. The zero-order valence-electron chi connectivity index (χ0n) is 44.4. The van der Waals surface area contributed by atoms with Crippen LogP contribution in [0.3, 0.4) is 0 Å². The highest BCUT2D eigenvalue weighted by Gasteiger charge is 2.54. The van der Waals surface area contributed by atoms with E-state index in [1.807, 2.05) is 6.92 Å². The number of benzene rings is 1. The second kappa shape index (κ2) is 26.7. The molecule has 2 aliphatic carbocycles. The molecular weight excluding hydrogens is 1030 g/mol. The number of amides is 3. The SMILES string of the molecule is CCC1CC(C(=O)NCCO[C@H]2OC(CO)[C@@H](O)C(n3cc(-c4cc(C)c(F)c(F)c4)nn3)C2O)C[C@@H](O[C@@H]2O[C@@H](CO)[C@H](O)C(O[C@@H](CC3CCCCC3)C(=O)N3CCC3)C2NC(C)=O)[C@@H]1O[C@@H]1OC(C)[C@@H](O)[C@H](O)C1O. The van der Waals surface area contributed by atoms with E-state index in [-0.39, 0.29) is 54.6 Å². The lowest BCUT2D eigenvalue weighted by Gasteiger charge is -2.49. The smallest absolute Gasteiger partial charge is 0.251 e. The summed E-state index contributed by atoms with van der Waals surface area (Å²) in [5.74, 6) is -4.58. The number of nitrogens with one attached hydrogen (secondary N) is 2. The Bertz CT molecular complexity index is 2290. The number of aromatic nitrogens is 3. The van der Waals surface area contributed by atoms with E-state index >= 15 is 0 Å². The van der Waals surface area contributed by atoms with Gasteiger partial charge >= 0.3 is 0 Å². The molecule has 20 atom stereocenters. The summed E-state index contributed by atoms with van der Waals surface area (Å²) in [6.07, 6.45) is -14.2. The number of hydrogen-bond acceptors (Lipinski definition) is 20. The molecule has 2 saturated carbocycles. The summed E-state index contributed by atoms with van der Waals surface area (Å²) in [6.45, 7) is 5.24. The highest BCUT2D eigenvalue weighted by atomic mass is 19.2.